The third kappa shape index (κ3) is 3.17. The number of carbonyl (C=O) groups is 2. The van der Waals surface area contributed by atoms with Crippen molar-refractivity contribution in [3.05, 3.63) is 34.0 Å². The Morgan fingerprint density at radius 1 is 1.32 bits per heavy atom. The second-order valence-corrected chi connectivity index (χ2v) is 7.93. The molecule has 2 unspecified atom stereocenters. The molecule has 28 heavy (non-hydrogen) atoms. The fraction of sp³-hybridized carbons (Fsp3) is 0.529. The summed E-state index contributed by atoms with van der Waals surface area (Å²) in [7, 11) is 0. The van der Waals surface area contributed by atoms with Crippen molar-refractivity contribution in [3.8, 4) is 0 Å². The summed E-state index contributed by atoms with van der Waals surface area (Å²) in [6.45, 7) is 2.09. The highest BCUT2D eigenvalue weighted by Gasteiger charge is 2.44. The predicted octanol–water partition coefficient (Wildman–Crippen LogP) is 2.45. The molecule has 4 rings (SSSR count). The highest BCUT2D eigenvalue weighted by molar-refractivity contribution is 7.09. The van der Waals surface area contributed by atoms with Crippen molar-refractivity contribution < 1.29 is 22.8 Å². The van der Waals surface area contributed by atoms with Crippen LogP contribution in [0.25, 0.3) is 0 Å². The van der Waals surface area contributed by atoms with Gasteiger partial charge < -0.3 is 14.4 Å². The quantitative estimate of drug-likeness (QED) is 0.775. The van der Waals surface area contributed by atoms with Gasteiger partial charge in [-0.15, -0.1) is 21.5 Å². The Balaban J connectivity index is 1.55. The molecule has 0 spiro atoms. The van der Waals surface area contributed by atoms with E-state index in [-0.39, 0.29) is 30.7 Å². The van der Waals surface area contributed by atoms with Gasteiger partial charge in [-0.3, -0.25) is 9.59 Å². The topological polar surface area (TPSA) is 71.3 Å². The highest BCUT2D eigenvalue weighted by atomic mass is 32.1. The van der Waals surface area contributed by atoms with E-state index in [1.54, 1.807) is 11.8 Å². The Labute approximate surface area is 162 Å². The largest absolute Gasteiger partial charge is 0.451 e. The minimum atomic E-state index is -4.59. The van der Waals surface area contributed by atoms with Gasteiger partial charge in [0, 0.05) is 24.4 Å². The van der Waals surface area contributed by atoms with Crippen LogP contribution >= 0.6 is 11.3 Å². The maximum absolute atomic E-state index is 13.2. The maximum Gasteiger partial charge on any atom is 0.451 e. The lowest BCUT2D eigenvalue weighted by Gasteiger charge is -2.37. The van der Waals surface area contributed by atoms with E-state index in [0.717, 1.165) is 9.44 Å². The molecule has 4 heterocycles. The number of carbonyl (C=O) groups excluding carboxylic acids is 2. The zero-order valence-corrected chi connectivity index (χ0v) is 15.8. The number of amides is 2. The van der Waals surface area contributed by atoms with Crippen molar-refractivity contribution >= 4 is 23.2 Å². The van der Waals surface area contributed by atoms with Crippen LogP contribution in [0, 0.1) is 0 Å². The summed E-state index contributed by atoms with van der Waals surface area (Å²) in [6, 6.07) is 2.54. The molecule has 0 N–H and O–H groups in total. The van der Waals surface area contributed by atoms with E-state index >= 15 is 0 Å². The van der Waals surface area contributed by atoms with Gasteiger partial charge in [0.2, 0.25) is 17.6 Å². The van der Waals surface area contributed by atoms with Crippen LogP contribution in [0.1, 0.15) is 42.3 Å². The molecule has 0 saturated carbocycles. The molecule has 2 aromatic heterocycles. The molecule has 2 atom stereocenters. The first-order valence-corrected chi connectivity index (χ1v) is 9.78. The van der Waals surface area contributed by atoms with E-state index in [9.17, 15) is 22.8 Å². The van der Waals surface area contributed by atoms with Crippen molar-refractivity contribution in [2.45, 2.75) is 51.1 Å². The normalized spacial score (nSPS) is 22.6. The Bertz CT molecular complexity index is 895. The Kier molecular flexibility index (Phi) is 4.64. The molecule has 0 radical (unpaired) electrons. The van der Waals surface area contributed by atoms with Crippen molar-refractivity contribution in [1.29, 1.82) is 0 Å². The Hall–Kier alpha value is -2.43. The fourth-order valence-electron chi connectivity index (χ4n) is 3.85. The summed E-state index contributed by atoms with van der Waals surface area (Å²) in [5.41, 5.74) is 0. The lowest BCUT2D eigenvalue weighted by atomic mass is 10.1. The van der Waals surface area contributed by atoms with E-state index < -0.39 is 24.1 Å². The van der Waals surface area contributed by atoms with Gasteiger partial charge in [0.25, 0.3) is 0 Å². The van der Waals surface area contributed by atoms with Gasteiger partial charge in [-0.05, 0) is 24.8 Å². The number of fused-ring (bicyclic) bond motifs is 1. The van der Waals surface area contributed by atoms with Gasteiger partial charge in [-0.2, -0.15) is 13.2 Å². The van der Waals surface area contributed by atoms with Crippen molar-refractivity contribution in [1.82, 2.24) is 24.6 Å². The fourth-order valence-corrected chi connectivity index (χ4v) is 4.55. The molecule has 2 aromatic rings. The number of alkyl halides is 3. The predicted molar refractivity (Wildman–Crippen MR) is 93.0 cm³/mol. The second-order valence-electron chi connectivity index (χ2n) is 6.89. The van der Waals surface area contributed by atoms with Crippen molar-refractivity contribution in [2.75, 3.05) is 6.54 Å². The van der Waals surface area contributed by atoms with Gasteiger partial charge in [0.1, 0.15) is 6.04 Å². The van der Waals surface area contributed by atoms with Gasteiger partial charge in [0.15, 0.2) is 5.82 Å². The summed E-state index contributed by atoms with van der Waals surface area (Å²) < 4.78 is 40.2. The third-order valence-electron chi connectivity index (χ3n) is 5.24. The van der Waals surface area contributed by atoms with Crippen LogP contribution in [0.3, 0.4) is 0 Å². The first-order chi connectivity index (χ1) is 13.3. The average Bonchev–Trinajstić information content (AvgIpc) is 3.36. The SMILES string of the molecule is CC1c2nnc(C(F)(F)F)n2CCN1C(=O)C1CCC(=O)N1Cc1cccs1. The molecular weight excluding hydrogens is 395 g/mol. The molecule has 0 aliphatic carbocycles. The Morgan fingerprint density at radius 3 is 2.79 bits per heavy atom. The number of halogens is 3. The van der Waals surface area contributed by atoms with Crippen LogP contribution < -0.4 is 0 Å². The molecule has 7 nitrogen and oxygen atoms in total. The van der Waals surface area contributed by atoms with E-state index in [1.807, 2.05) is 17.5 Å². The van der Waals surface area contributed by atoms with Crippen molar-refractivity contribution in [3.63, 3.8) is 0 Å². The minimum Gasteiger partial charge on any atom is -0.329 e. The summed E-state index contributed by atoms with van der Waals surface area (Å²) in [4.78, 5) is 29.5. The molecule has 150 valence electrons. The minimum absolute atomic E-state index is 0.0289. The number of aromatic nitrogens is 3. The van der Waals surface area contributed by atoms with E-state index in [1.165, 1.54) is 16.2 Å². The molecule has 2 amide bonds. The van der Waals surface area contributed by atoms with Gasteiger partial charge in [-0.25, -0.2) is 0 Å². The number of nitrogens with zero attached hydrogens (tertiary/aromatic N) is 5. The third-order valence-corrected chi connectivity index (χ3v) is 6.10. The lowest BCUT2D eigenvalue weighted by molar-refractivity contribution is -0.149. The van der Waals surface area contributed by atoms with Gasteiger partial charge in [0.05, 0.1) is 12.6 Å². The van der Waals surface area contributed by atoms with Crippen LogP contribution in [0.15, 0.2) is 17.5 Å². The van der Waals surface area contributed by atoms with Crippen LogP contribution in [-0.2, 0) is 28.9 Å². The van der Waals surface area contributed by atoms with E-state index in [0.29, 0.717) is 19.4 Å². The first-order valence-electron chi connectivity index (χ1n) is 8.90. The summed E-state index contributed by atoms with van der Waals surface area (Å²) in [5, 5.41) is 8.86. The maximum atomic E-state index is 13.2. The molecule has 11 heteroatoms. The molecular formula is C17H18F3N5O2S. The molecule has 0 aromatic carbocycles. The molecule has 1 saturated heterocycles. The zero-order valence-electron chi connectivity index (χ0n) is 15.0. The van der Waals surface area contributed by atoms with Crippen molar-refractivity contribution in [2.24, 2.45) is 0 Å². The number of thiophene rings is 1. The zero-order chi connectivity index (χ0) is 20.1. The van der Waals surface area contributed by atoms with Gasteiger partial charge >= 0.3 is 6.18 Å². The summed E-state index contributed by atoms with van der Waals surface area (Å²) >= 11 is 1.51. The summed E-state index contributed by atoms with van der Waals surface area (Å²) in [5.74, 6) is -1.27. The van der Waals surface area contributed by atoms with Crippen LogP contribution in [0.4, 0.5) is 13.2 Å². The number of likely N-dealkylation sites (tertiary alicyclic amines) is 1. The molecule has 2 aliphatic rings. The van der Waals surface area contributed by atoms with Gasteiger partial charge in [-0.1, -0.05) is 6.07 Å². The lowest BCUT2D eigenvalue weighted by Crippen LogP contribution is -2.50. The smallest absolute Gasteiger partial charge is 0.329 e. The number of rotatable bonds is 3. The Morgan fingerprint density at radius 2 is 2.11 bits per heavy atom. The van der Waals surface area contributed by atoms with E-state index in [4.69, 9.17) is 0 Å². The van der Waals surface area contributed by atoms with Crippen LogP contribution in [-0.4, -0.2) is 49.0 Å². The monoisotopic (exact) mass is 413 g/mol. The number of hydrogen-bond donors (Lipinski definition) is 0. The molecule has 2 aliphatic heterocycles. The molecule has 0 bridgehead atoms. The van der Waals surface area contributed by atoms with Crippen LogP contribution in [0.2, 0.25) is 0 Å². The standard InChI is InChI=1S/C17H18F3N5O2S/c1-10-14-21-22-16(17(18,19)20)24(14)7-6-23(10)15(27)12-4-5-13(26)25(12)9-11-3-2-8-28-11/h2-3,8,10,12H,4-7,9H2,1H3. The summed E-state index contributed by atoms with van der Waals surface area (Å²) in [6.07, 6.45) is -3.89. The highest BCUT2D eigenvalue weighted by Crippen LogP contribution is 2.34. The first kappa shape index (κ1) is 18.9. The van der Waals surface area contributed by atoms with E-state index in [2.05, 4.69) is 10.2 Å². The number of hydrogen-bond acceptors (Lipinski definition) is 5. The van der Waals surface area contributed by atoms with Crippen LogP contribution in [0.5, 0.6) is 0 Å². The average molecular weight is 413 g/mol. The molecule has 1 fully saturated rings. The second kappa shape index (κ2) is 6.87.